The number of sulfonamides is 1. The molecule has 1 aliphatic heterocycles. The van der Waals surface area contributed by atoms with Gasteiger partial charge >= 0.3 is 0 Å². The van der Waals surface area contributed by atoms with Crippen molar-refractivity contribution in [1.82, 2.24) is 28.7 Å². The molecular weight excluding hydrogens is 481 g/mol. The Morgan fingerprint density at radius 1 is 0.972 bits per heavy atom. The molecule has 2 aliphatic rings. The van der Waals surface area contributed by atoms with Crippen LogP contribution in [0.1, 0.15) is 44.0 Å². The topological polar surface area (TPSA) is 96.2 Å². The van der Waals surface area contributed by atoms with Crippen molar-refractivity contribution in [3.63, 3.8) is 0 Å². The molecule has 9 nitrogen and oxygen atoms in total. The van der Waals surface area contributed by atoms with Crippen LogP contribution in [0.5, 0.6) is 0 Å². The number of hydrogen-bond acceptors (Lipinski definition) is 7. The molecule has 1 saturated heterocycles. The Bertz CT molecular complexity index is 1310. The first-order chi connectivity index (χ1) is 17.3. The molecular formula is C25H32FN7O2S. The number of halogens is 1. The maximum Gasteiger partial charge on any atom is 0.243 e. The lowest BCUT2D eigenvalue weighted by Gasteiger charge is -2.31. The summed E-state index contributed by atoms with van der Waals surface area (Å²) < 4.78 is 44.4. The first-order valence-electron chi connectivity index (χ1n) is 12.5. The van der Waals surface area contributed by atoms with E-state index in [2.05, 4.69) is 29.7 Å². The number of hydrogen-bond donors (Lipinski definition) is 1. The monoisotopic (exact) mass is 513 g/mol. The SMILES string of the molecule is Cc1ncc(-c2nc(Nc3ccc(S(=O)(=O)N4CCN(C)CC4)cc3)ncc2F)n1C1CCCCC1. The van der Waals surface area contributed by atoms with Gasteiger partial charge in [0.15, 0.2) is 5.82 Å². The van der Waals surface area contributed by atoms with Crippen molar-refractivity contribution in [2.75, 3.05) is 38.5 Å². The quantitative estimate of drug-likeness (QED) is 0.533. The van der Waals surface area contributed by atoms with E-state index < -0.39 is 15.8 Å². The second kappa shape index (κ2) is 10.2. The Labute approximate surface area is 211 Å². The number of nitrogens with one attached hydrogen (secondary N) is 1. The first kappa shape index (κ1) is 24.8. The van der Waals surface area contributed by atoms with E-state index in [1.165, 1.54) is 10.7 Å². The maximum atomic E-state index is 14.9. The minimum Gasteiger partial charge on any atom is -0.324 e. The van der Waals surface area contributed by atoms with Gasteiger partial charge in [-0.15, -0.1) is 0 Å². The molecule has 11 heteroatoms. The Balaban J connectivity index is 1.36. The average Bonchev–Trinajstić information content (AvgIpc) is 3.27. The minimum atomic E-state index is -3.55. The van der Waals surface area contributed by atoms with Crippen LogP contribution in [0.25, 0.3) is 11.4 Å². The fourth-order valence-corrected chi connectivity index (χ4v) is 6.47. The predicted molar refractivity (Wildman–Crippen MR) is 136 cm³/mol. The van der Waals surface area contributed by atoms with E-state index >= 15 is 0 Å². The maximum absolute atomic E-state index is 14.9. The first-order valence-corrected chi connectivity index (χ1v) is 13.9. The highest BCUT2D eigenvalue weighted by molar-refractivity contribution is 7.89. The summed E-state index contributed by atoms with van der Waals surface area (Å²) in [5.74, 6) is 0.572. The molecule has 0 radical (unpaired) electrons. The van der Waals surface area contributed by atoms with E-state index in [0.717, 1.165) is 37.7 Å². The second-order valence-corrected chi connectivity index (χ2v) is 11.5. The third kappa shape index (κ3) is 5.00. The van der Waals surface area contributed by atoms with Crippen LogP contribution in [0.4, 0.5) is 16.0 Å². The Morgan fingerprint density at radius 3 is 2.36 bits per heavy atom. The van der Waals surface area contributed by atoms with E-state index in [0.29, 0.717) is 37.6 Å². The molecule has 0 spiro atoms. The summed E-state index contributed by atoms with van der Waals surface area (Å²) in [4.78, 5) is 15.4. The van der Waals surface area contributed by atoms with Crippen LogP contribution in [0.15, 0.2) is 41.6 Å². The highest BCUT2D eigenvalue weighted by atomic mass is 32.2. The number of rotatable bonds is 6. The highest BCUT2D eigenvalue weighted by Crippen LogP contribution is 2.34. The van der Waals surface area contributed by atoms with Crippen LogP contribution in [0.2, 0.25) is 0 Å². The number of anilines is 2. The van der Waals surface area contributed by atoms with Gasteiger partial charge in [-0.05, 0) is 51.1 Å². The van der Waals surface area contributed by atoms with E-state index in [4.69, 9.17) is 0 Å². The lowest BCUT2D eigenvalue weighted by molar-refractivity contribution is 0.222. The molecule has 3 heterocycles. The van der Waals surface area contributed by atoms with Gasteiger partial charge in [0, 0.05) is 37.9 Å². The number of piperazine rings is 1. The molecule has 2 fully saturated rings. The van der Waals surface area contributed by atoms with Crippen molar-refractivity contribution in [1.29, 1.82) is 0 Å². The molecule has 1 aromatic carbocycles. The summed E-state index contributed by atoms with van der Waals surface area (Å²) in [7, 11) is -1.56. The average molecular weight is 514 g/mol. The summed E-state index contributed by atoms with van der Waals surface area (Å²) in [6.07, 6.45) is 8.46. The summed E-state index contributed by atoms with van der Waals surface area (Å²) in [5, 5.41) is 3.08. The molecule has 0 atom stereocenters. The van der Waals surface area contributed by atoms with Crippen LogP contribution >= 0.6 is 0 Å². The van der Waals surface area contributed by atoms with E-state index in [-0.39, 0.29) is 22.6 Å². The van der Waals surface area contributed by atoms with Crippen molar-refractivity contribution in [2.24, 2.45) is 0 Å². The van der Waals surface area contributed by atoms with Gasteiger partial charge in [0.25, 0.3) is 0 Å². The second-order valence-electron chi connectivity index (χ2n) is 9.60. The van der Waals surface area contributed by atoms with Gasteiger partial charge < -0.3 is 14.8 Å². The van der Waals surface area contributed by atoms with Gasteiger partial charge in [-0.1, -0.05) is 19.3 Å². The van der Waals surface area contributed by atoms with E-state index in [1.54, 1.807) is 30.5 Å². The Morgan fingerprint density at radius 2 is 1.67 bits per heavy atom. The van der Waals surface area contributed by atoms with Crippen LogP contribution in [0.3, 0.4) is 0 Å². The van der Waals surface area contributed by atoms with Crippen LogP contribution in [-0.2, 0) is 10.0 Å². The molecule has 2 aromatic heterocycles. The molecule has 0 bridgehead atoms. The minimum absolute atomic E-state index is 0.202. The number of aromatic nitrogens is 4. The molecule has 0 amide bonds. The smallest absolute Gasteiger partial charge is 0.243 e. The molecule has 0 unspecified atom stereocenters. The summed E-state index contributed by atoms with van der Waals surface area (Å²) in [6.45, 7) is 4.31. The summed E-state index contributed by atoms with van der Waals surface area (Å²) in [6, 6.07) is 6.78. The summed E-state index contributed by atoms with van der Waals surface area (Å²) in [5.41, 5.74) is 1.46. The normalized spacial score (nSPS) is 18.4. The zero-order valence-corrected chi connectivity index (χ0v) is 21.5. The third-order valence-corrected chi connectivity index (χ3v) is 9.03. The predicted octanol–water partition coefficient (Wildman–Crippen LogP) is 3.97. The van der Waals surface area contributed by atoms with Crippen molar-refractivity contribution < 1.29 is 12.8 Å². The van der Waals surface area contributed by atoms with Crippen LogP contribution < -0.4 is 5.32 Å². The van der Waals surface area contributed by atoms with E-state index in [9.17, 15) is 12.8 Å². The fraction of sp³-hybridized carbons (Fsp3) is 0.480. The number of imidazole rings is 1. The molecule has 1 N–H and O–H groups in total. The van der Waals surface area contributed by atoms with Crippen LogP contribution in [-0.4, -0.2) is 70.4 Å². The highest BCUT2D eigenvalue weighted by Gasteiger charge is 2.27. The molecule has 192 valence electrons. The largest absolute Gasteiger partial charge is 0.324 e. The lowest BCUT2D eigenvalue weighted by Crippen LogP contribution is -2.46. The van der Waals surface area contributed by atoms with Crippen molar-refractivity contribution in [3.8, 4) is 11.4 Å². The number of likely N-dealkylation sites (N-methyl/N-ethyl adjacent to an activating group) is 1. The van der Waals surface area contributed by atoms with Crippen molar-refractivity contribution in [3.05, 3.63) is 48.3 Å². The Kier molecular flexibility index (Phi) is 7.05. The van der Waals surface area contributed by atoms with Gasteiger partial charge in [0.2, 0.25) is 16.0 Å². The number of nitrogens with zero attached hydrogens (tertiary/aromatic N) is 6. The van der Waals surface area contributed by atoms with Gasteiger partial charge in [-0.2, -0.15) is 4.31 Å². The third-order valence-electron chi connectivity index (χ3n) is 7.12. The lowest BCUT2D eigenvalue weighted by atomic mass is 9.95. The summed E-state index contributed by atoms with van der Waals surface area (Å²) >= 11 is 0. The van der Waals surface area contributed by atoms with Gasteiger partial charge in [0.05, 0.1) is 23.0 Å². The van der Waals surface area contributed by atoms with Crippen molar-refractivity contribution in [2.45, 2.75) is 50.0 Å². The van der Waals surface area contributed by atoms with Crippen molar-refractivity contribution >= 4 is 21.7 Å². The Hall–Kier alpha value is -2.89. The molecule has 1 saturated carbocycles. The number of benzene rings is 1. The van der Waals surface area contributed by atoms with Gasteiger partial charge in [-0.3, -0.25) is 0 Å². The molecule has 3 aromatic rings. The standard InChI is InChI=1S/C25H32FN7O2S/c1-18-27-17-23(33(18)20-6-4-3-5-7-20)24-22(26)16-28-25(30-24)29-19-8-10-21(11-9-19)36(34,35)32-14-12-31(2)13-15-32/h8-11,16-17,20H,3-7,12-15H2,1-2H3,(H,28,29,30). The molecule has 36 heavy (non-hydrogen) atoms. The molecule has 5 rings (SSSR count). The van der Waals surface area contributed by atoms with Gasteiger partial charge in [-0.25, -0.2) is 27.8 Å². The molecule has 1 aliphatic carbocycles. The zero-order valence-electron chi connectivity index (χ0n) is 20.7. The number of aryl methyl sites for hydroxylation is 1. The fourth-order valence-electron chi connectivity index (χ4n) is 5.05. The van der Waals surface area contributed by atoms with E-state index in [1.807, 2.05) is 14.0 Å². The zero-order chi connectivity index (χ0) is 25.3. The van der Waals surface area contributed by atoms with Crippen LogP contribution in [0, 0.1) is 12.7 Å². The van der Waals surface area contributed by atoms with Gasteiger partial charge in [0.1, 0.15) is 11.5 Å².